The van der Waals surface area contributed by atoms with E-state index in [-0.39, 0.29) is 17.2 Å². The van der Waals surface area contributed by atoms with Gasteiger partial charge in [-0.2, -0.15) is 13.2 Å². The Labute approximate surface area is 143 Å². The van der Waals surface area contributed by atoms with E-state index in [4.69, 9.17) is 16.3 Å². The Balaban J connectivity index is 2.45. The highest BCUT2D eigenvalue weighted by atomic mass is 35.5. The highest BCUT2D eigenvalue weighted by Crippen LogP contribution is 2.41. The minimum Gasteiger partial charge on any atom is -0.457 e. The number of alkyl halides is 3. The molecule has 2 aromatic carbocycles. The smallest absolute Gasteiger partial charge is 0.416 e. The molecule has 0 heterocycles. The number of hydrogen-bond acceptors (Lipinski definition) is 2. The standard InChI is InChI=1S/C18H18ClF3O2/c1-11(2)17(3,23)15-9-8-14(10-16(15)18(20,21)22)24-13-6-4-12(19)5-7-13/h4-11,23H,1-3H3. The Hall–Kier alpha value is -1.72. The largest absolute Gasteiger partial charge is 0.457 e. The molecule has 2 aromatic rings. The summed E-state index contributed by atoms with van der Waals surface area (Å²) < 4.78 is 45.7. The maximum atomic E-state index is 13.4. The van der Waals surface area contributed by atoms with Crippen molar-refractivity contribution in [2.75, 3.05) is 0 Å². The Kier molecular flexibility index (Phi) is 5.16. The molecule has 2 rings (SSSR count). The molecule has 0 amide bonds. The molecule has 1 unspecified atom stereocenters. The number of benzene rings is 2. The van der Waals surface area contributed by atoms with Crippen molar-refractivity contribution in [2.45, 2.75) is 32.5 Å². The molecule has 2 nitrogen and oxygen atoms in total. The van der Waals surface area contributed by atoms with Crippen LogP contribution in [0, 0.1) is 5.92 Å². The van der Waals surface area contributed by atoms with Crippen LogP contribution in [0.1, 0.15) is 31.9 Å². The Morgan fingerprint density at radius 3 is 2.00 bits per heavy atom. The molecule has 0 aliphatic carbocycles. The molecule has 0 aliphatic heterocycles. The van der Waals surface area contributed by atoms with Crippen LogP contribution in [0.5, 0.6) is 11.5 Å². The number of rotatable bonds is 4. The van der Waals surface area contributed by atoms with Crippen molar-refractivity contribution in [3.63, 3.8) is 0 Å². The molecule has 1 N–H and O–H groups in total. The fourth-order valence-electron chi connectivity index (χ4n) is 2.21. The van der Waals surface area contributed by atoms with Crippen LogP contribution in [-0.2, 0) is 11.8 Å². The number of hydrogen-bond donors (Lipinski definition) is 1. The minimum atomic E-state index is -4.60. The highest BCUT2D eigenvalue weighted by molar-refractivity contribution is 6.30. The molecule has 0 aromatic heterocycles. The Bertz CT molecular complexity index is 707. The normalized spacial score (nSPS) is 14.5. The van der Waals surface area contributed by atoms with E-state index in [1.807, 2.05) is 0 Å². The van der Waals surface area contributed by atoms with Crippen molar-refractivity contribution in [1.29, 1.82) is 0 Å². The average Bonchev–Trinajstić information content (AvgIpc) is 2.48. The van der Waals surface area contributed by atoms with Crippen molar-refractivity contribution in [3.05, 3.63) is 58.6 Å². The quantitative estimate of drug-likeness (QED) is 0.724. The lowest BCUT2D eigenvalue weighted by molar-refractivity contribution is -0.141. The monoisotopic (exact) mass is 358 g/mol. The lowest BCUT2D eigenvalue weighted by atomic mass is 9.82. The third kappa shape index (κ3) is 4.02. The van der Waals surface area contributed by atoms with E-state index in [0.717, 1.165) is 6.07 Å². The second-order valence-electron chi connectivity index (χ2n) is 6.06. The van der Waals surface area contributed by atoms with Crippen molar-refractivity contribution >= 4 is 11.6 Å². The zero-order valence-corrected chi connectivity index (χ0v) is 14.2. The third-order valence-corrected chi connectivity index (χ3v) is 4.27. The Morgan fingerprint density at radius 2 is 1.50 bits per heavy atom. The molecular weight excluding hydrogens is 341 g/mol. The van der Waals surface area contributed by atoms with Crippen molar-refractivity contribution in [1.82, 2.24) is 0 Å². The fourth-order valence-corrected chi connectivity index (χ4v) is 2.34. The summed E-state index contributed by atoms with van der Waals surface area (Å²) in [4.78, 5) is 0. The first-order valence-corrected chi connectivity index (χ1v) is 7.77. The lowest BCUT2D eigenvalue weighted by Gasteiger charge is -2.31. The number of ether oxygens (including phenoxy) is 1. The van der Waals surface area contributed by atoms with Gasteiger partial charge in [-0.05, 0) is 54.8 Å². The maximum Gasteiger partial charge on any atom is 0.416 e. The topological polar surface area (TPSA) is 29.5 Å². The molecular formula is C18H18ClF3O2. The molecule has 0 saturated carbocycles. The van der Waals surface area contributed by atoms with Gasteiger partial charge in [0.1, 0.15) is 11.5 Å². The van der Waals surface area contributed by atoms with Gasteiger partial charge in [-0.1, -0.05) is 31.5 Å². The van der Waals surface area contributed by atoms with E-state index in [1.165, 1.54) is 19.1 Å². The minimum absolute atomic E-state index is 0.0351. The lowest BCUT2D eigenvalue weighted by Crippen LogP contribution is -2.31. The van der Waals surface area contributed by atoms with Crippen molar-refractivity contribution in [3.8, 4) is 11.5 Å². The van der Waals surface area contributed by atoms with Gasteiger partial charge in [0.2, 0.25) is 0 Å². The van der Waals surface area contributed by atoms with Gasteiger partial charge in [0, 0.05) is 5.02 Å². The number of halogens is 4. The molecule has 0 radical (unpaired) electrons. The molecule has 0 fully saturated rings. The van der Waals surface area contributed by atoms with E-state index in [9.17, 15) is 18.3 Å². The van der Waals surface area contributed by atoms with E-state index < -0.39 is 17.3 Å². The van der Waals surface area contributed by atoms with Crippen LogP contribution >= 0.6 is 11.6 Å². The van der Waals surface area contributed by atoms with Crippen molar-refractivity contribution in [2.24, 2.45) is 5.92 Å². The summed E-state index contributed by atoms with van der Waals surface area (Å²) in [6, 6.07) is 9.87. The summed E-state index contributed by atoms with van der Waals surface area (Å²) in [5.74, 6) is 0.0190. The zero-order valence-electron chi connectivity index (χ0n) is 13.5. The SMILES string of the molecule is CC(C)C(C)(O)c1ccc(Oc2ccc(Cl)cc2)cc1C(F)(F)F. The van der Waals surface area contributed by atoms with Gasteiger partial charge < -0.3 is 9.84 Å². The van der Waals surface area contributed by atoms with Gasteiger partial charge in [0.15, 0.2) is 0 Å². The summed E-state index contributed by atoms with van der Waals surface area (Å²) in [5.41, 5.74) is -2.69. The van der Waals surface area contributed by atoms with E-state index in [1.54, 1.807) is 38.1 Å². The third-order valence-electron chi connectivity index (χ3n) is 4.02. The summed E-state index contributed by atoms with van der Waals surface area (Å²) in [6.45, 7) is 4.71. The second-order valence-corrected chi connectivity index (χ2v) is 6.50. The van der Waals surface area contributed by atoms with Gasteiger partial charge in [0.05, 0.1) is 11.2 Å². The Morgan fingerprint density at radius 1 is 0.958 bits per heavy atom. The van der Waals surface area contributed by atoms with Gasteiger partial charge in [-0.25, -0.2) is 0 Å². The molecule has 6 heteroatoms. The van der Waals surface area contributed by atoms with Crippen LogP contribution in [0.2, 0.25) is 5.02 Å². The van der Waals surface area contributed by atoms with Crippen LogP contribution in [-0.4, -0.2) is 5.11 Å². The molecule has 0 aliphatic rings. The summed E-state index contributed by atoms with van der Waals surface area (Å²) in [6.07, 6.45) is -4.60. The van der Waals surface area contributed by atoms with Gasteiger partial charge in [-0.3, -0.25) is 0 Å². The predicted octanol–water partition coefficient (Wildman–Crippen LogP) is 6.01. The molecule has 0 spiro atoms. The molecule has 1 atom stereocenters. The van der Waals surface area contributed by atoms with Crippen LogP contribution in [0.15, 0.2) is 42.5 Å². The van der Waals surface area contributed by atoms with Gasteiger partial charge in [-0.15, -0.1) is 0 Å². The fraction of sp³-hybridized carbons (Fsp3) is 0.333. The molecule has 130 valence electrons. The predicted molar refractivity (Wildman–Crippen MR) is 87.4 cm³/mol. The molecule has 24 heavy (non-hydrogen) atoms. The first kappa shape index (κ1) is 18.6. The van der Waals surface area contributed by atoms with Gasteiger partial charge in [0.25, 0.3) is 0 Å². The second kappa shape index (κ2) is 6.65. The summed E-state index contributed by atoms with van der Waals surface area (Å²) in [5, 5.41) is 11.0. The van der Waals surface area contributed by atoms with Crippen molar-refractivity contribution < 1.29 is 23.0 Å². The van der Waals surface area contributed by atoms with Gasteiger partial charge >= 0.3 is 6.18 Å². The first-order valence-electron chi connectivity index (χ1n) is 7.39. The highest BCUT2D eigenvalue weighted by Gasteiger charge is 2.40. The maximum absolute atomic E-state index is 13.4. The van der Waals surface area contributed by atoms with Crippen LogP contribution in [0.25, 0.3) is 0 Å². The van der Waals surface area contributed by atoms with Crippen LogP contribution < -0.4 is 4.74 Å². The van der Waals surface area contributed by atoms with E-state index >= 15 is 0 Å². The molecule has 0 bridgehead atoms. The zero-order chi connectivity index (χ0) is 18.1. The number of aliphatic hydroxyl groups is 1. The average molecular weight is 359 g/mol. The summed E-state index contributed by atoms with van der Waals surface area (Å²) >= 11 is 5.77. The first-order chi connectivity index (χ1) is 11.0. The van der Waals surface area contributed by atoms with E-state index in [2.05, 4.69) is 0 Å². The molecule has 0 saturated heterocycles. The summed E-state index contributed by atoms with van der Waals surface area (Å²) in [7, 11) is 0. The van der Waals surface area contributed by atoms with Crippen LogP contribution in [0.3, 0.4) is 0 Å². The van der Waals surface area contributed by atoms with Crippen LogP contribution in [0.4, 0.5) is 13.2 Å². The van der Waals surface area contributed by atoms with E-state index in [0.29, 0.717) is 10.8 Å².